The minimum atomic E-state index is 0. The average Bonchev–Trinajstić information content (AvgIpc) is 1.00. The summed E-state index contributed by atoms with van der Waals surface area (Å²) in [4.78, 5) is 0. The van der Waals surface area contributed by atoms with Crippen molar-refractivity contribution in [3.05, 3.63) is 13.2 Å². The van der Waals surface area contributed by atoms with E-state index in [9.17, 15) is 0 Å². The molecule has 0 spiro atoms. The van der Waals surface area contributed by atoms with Crippen LogP contribution in [0.5, 0.6) is 0 Å². The van der Waals surface area contributed by atoms with Crippen LogP contribution in [0.3, 0.4) is 0 Å². The van der Waals surface area contributed by atoms with E-state index in [4.69, 9.17) is 0 Å². The van der Waals surface area contributed by atoms with Crippen molar-refractivity contribution in [2.24, 2.45) is 0 Å². The van der Waals surface area contributed by atoms with E-state index in [-0.39, 0.29) is 70.1 Å². The maximum absolute atomic E-state index is 3.00. The molecule has 0 aromatic heterocycles. The second-order valence-electron chi connectivity index (χ2n) is 0. The number of rotatable bonds is 0. The monoisotopic (exact) mass is 110 g/mol. The molecule has 0 aliphatic heterocycles. The van der Waals surface area contributed by atoms with Crippen LogP contribution in [0.25, 0.3) is 0 Å². The van der Waals surface area contributed by atoms with Gasteiger partial charge in [0.1, 0.15) is 0 Å². The molecule has 0 bridgehead atoms. The van der Waals surface area contributed by atoms with Gasteiger partial charge >= 0.3 is 0 Å². The molecule has 0 saturated carbocycles. The van der Waals surface area contributed by atoms with Crippen molar-refractivity contribution in [2.75, 3.05) is 0 Å². The maximum Gasteiger partial charge on any atom is 0 e. The molecule has 4 N–H and O–H groups in total. The van der Waals surface area contributed by atoms with Gasteiger partial charge in [0, 0.05) is 59.1 Å². The van der Waals surface area contributed by atoms with Crippen LogP contribution < -0.4 is 0 Å². The third-order valence-corrected chi connectivity index (χ3v) is 0. The zero-order valence-electron chi connectivity index (χ0n) is 4.41. The summed E-state index contributed by atoms with van der Waals surface area (Å²) in [7, 11) is 0. The van der Waals surface area contributed by atoms with Gasteiger partial charge in [-0.25, -0.2) is 0 Å². The van der Waals surface area contributed by atoms with E-state index < -0.39 is 0 Å². The fourth-order valence-electron chi connectivity index (χ4n) is 0. The van der Waals surface area contributed by atoms with Crippen molar-refractivity contribution in [3.8, 4) is 0 Å². The summed E-state index contributed by atoms with van der Waals surface area (Å²) in [6.45, 7) is 6.00. The fraction of sp³-hybridized carbons (Fsp3) is 0. The summed E-state index contributed by atoms with van der Waals surface area (Å²) in [5.74, 6) is 0. The van der Waals surface area contributed by atoms with Crippen LogP contribution in [0.4, 0.5) is 0 Å². The molecule has 0 amide bonds. The average molecular weight is 110 g/mol. The Morgan fingerprint density at radius 1 is 0.667 bits per heavy atom. The summed E-state index contributed by atoms with van der Waals surface area (Å²) in [6, 6.07) is 0. The van der Waals surface area contributed by atoms with E-state index in [1.807, 2.05) is 0 Å². The van der Waals surface area contributed by atoms with Gasteiger partial charge in [0.25, 0.3) is 0 Å². The van der Waals surface area contributed by atoms with E-state index in [0.717, 1.165) is 0 Å². The third kappa shape index (κ3) is 44.6. The van der Waals surface area contributed by atoms with Gasteiger partial charge in [0.15, 0.2) is 0 Å². The molecule has 4 heteroatoms. The predicted octanol–water partition coefficient (Wildman–Crippen LogP) is -1.61. The quantitative estimate of drug-likeness (QED) is 0.266. The van der Waals surface area contributed by atoms with Crippen LogP contribution in [0.2, 0.25) is 0 Å². The van der Waals surface area contributed by atoms with Crippen LogP contribution >= 0.6 is 0 Å². The van der Waals surface area contributed by atoms with Crippen LogP contribution in [0.15, 0.2) is 13.2 Å². The van der Waals surface area contributed by atoms with Crippen molar-refractivity contribution >= 4 is 59.1 Å². The standard InChI is InChI=1S/C2H4.2Na.2H2O/c1-2;;;;/h1-2H2;;;2*1H2. The van der Waals surface area contributed by atoms with Crippen LogP contribution in [0.1, 0.15) is 0 Å². The predicted molar refractivity (Wildman–Crippen MR) is 30.0 cm³/mol. The molecule has 0 saturated heterocycles. The van der Waals surface area contributed by atoms with Gasteiger partial charge in [0.05, 0.1) is 0 Å². The van der Waals surface area contributed by atoms with Gasteiger partial charge in [-0.3, -0.25) is 0 Å². The van der Waals surface area contributed by atoms with Gasteiger partial charge in [-0.1, -0.05) is 0 Å². The molecule has 0 heterocycles. The molecule has 2 nitrogen and oxygen atoms in total. The molecular formula is C2H8Na2O2. The minimum Gasteiger partial charge on any atom is -0.412 e. The van der Waals surface area contributed by atoms with Crippen LogP contribution in [0, 0.1) is 0 Å². The first-order chi connectivity index (χ1) is 1.00. The molecular weight excluding hydrogens is 102 g/mol. The minimum absolute atomic E-state index is 0. The normalized spacial score (nSPS) is 0.667. The van der Waals surface area contributed by atoms with E-state index in [2.05, 4.69) is 13.2 Å². The molecule has 0 fully saturated rings. The fourth-order valence-corrected chi connectivity index (χ4v) is 0. The Labute approximate surface area is 82.2 Å². The van der Waals surface area contributed by atoms with Crippen LogP contribution in [-0.2, 0) is 0 Å². The van der Waals surface area contributed by atoms with E-state index in [1.54, 1.807) is 0 Å². The Balaban J connectivity index is -0.000000000833. The summed E-state index contributed by atoms with van der Waals surface area (Å²) < 4.78 is 0. The molecule has 0 unspecified atom stereocenters. The summed E-state index contributed by atoms with van der Waals surface area (Å²) >= 11 is 0. The van der Waals surface area contributed by atoms with Crippen molar-refractivity contribution in [1.82, 2.24) is 0 Å². The topological polar surface area (TPSA) is 63.0 Å². The van der Waals surface area contributed by atoms with Gasteiger partial charge in [0.2, 0.25) is 0 Å². The zero-order chi connectivity index (χ0) is 2.00. The maximum atomic E-state index is 3.00. The van der Waals surface area contributed by atoms with Crippen molar-refractivity contribution in [2.45, 2.75) is 0 Å². The van der Waals surface area contributed by atoms with Gasteiger partial charge in [-0.2, -0.15) is 0 Å². The summed E-state index contributed by atoms with van der Waals surface area (Å²) in [6.07, 6.45) is 0. The zero-order valence-corrected chi connectivity index (χ0v) is 8.41. The number of hydrogen-bond acceptors (Lipinski definition) is 0. The third-order valence-electron chi connectivity index (χ3n) is 0. The Bertz CT molecular complexity index is 9.51. The molecule has 0 aliphatic rings. The van der Waals surface area contributed by atoms with Crippen molar-refractivity contribution in [3.63, 3.8) is 0 Å². The molecule has 0 atom stereocenters. The second-order valence-corrected chi connectivity index (χ2v) is 0. The SMILES string of the molecule is C=C.O.O.[Na].[Na]. The first-order valence-electron chi connectivity index (χ1n) is 0.500. The molecule has 2 radical (unpaired) electrons. The molecule has 0 rings (SSSR count). The molecule has 0 aromatic rings. The van der Waals surface area contributed by atoms with Gasteiger partial charge in [-0.15, -0.1) is 13.2 Å². The summed E-state index contributed by atoms with van der Waals surface area (Å²) in [5.41, 5.74) is 0. The molecule has 6 heavy (non-hydrogen) atoms. The number of hydrogen-bond donors (Lipinski definition) is 0. The van der Waals surface area contributed by atoms with E-state index in [0.29, 0.717) is 0 Å². The first-order valence-corrected chi connectivity index (χ1v) is 0.500. The largest absolute Gasteiger partial charge is 0.412 e. The van der Waals surface area contributed by atoms with Gasteiger partial charge < -0.3 is 11.0 Å². The van der Waals surface area contributed by atoms with Gasteiger partial charge in [-0.05, 0) is 0 Å². The Morgan fingerprint density at radius 3 is 0.667 bits per heavy atom. The van der Waals surface area contributed by atoms with Crippen LogP contribution in [-0.4, -0.2) is 70.1 Å². The second kappa shape index (κ2) is 77.4. The smallest absolute Gasteiger partial charge is 0 e. The van der Waals surface area contributed by atoms with E-state index in [1.165, 1.54) is 0 Å². The molecule has 0 aromatic carbocycles. The van der Waals surface area contributed by atoms with E-state index >= 15 is 0 Å². The Kier molecular flexibility index (Phi) is 620. The summed E-state index contributed by atoms with van der Waals surface area (Å²) in [5, 5.41) is 0. The molecule has 30 valence electrons. The first kappa shape index (κ1) is 48.0. The van der Waals surface area contributed by atoms with Crippen molar-refractivity contribution in [1.29, 1.82) is 0 Å². The Hall–Kier alpha value is 1.66. The molecule has 0 aliphatic carbocycles. The Morgan fingerprint density at radius 2 is 0.667 bits per heavy atom. The van der Waals surface area contributed by atoms with Crippen molar-refractivity contribution < 1.29 is 11.0 Å².